The van der Waals surface area contributed by atoms with Crippen LogP contribution < -0.4 is 4.90 Å². The first-order valence-corrected chi connectivity index (χ1v) is 4.96. The van der Waals surface area contributed by atoms with Gasteiger partial charge in [0.1, 0.15) is 0 Å². The summed E-state index contributed by atoms with van der Waals surface area (Å²) in [7, 11) is 4.04. The Hall–Kier alpha value is -0.340. The molecule has 1 aliphatic rings. The van der Waals surface area contributed by atoms with E-state index in [0.717, 1.165) is 0 Å². The average Bonchev–Trinajstić information content (AvgIpc) is 2.38. The number of thiophene rings is 1. The Morgan fingerprint density at radius 2 is 2.18 bits per heavy atom. The van der Waals surface area contributed by atoms with E-state index >= 15 is 0 Å². The normalized spacial score (nSPS) is 24.3. The minimum atomic E-state index is 1.20. The molecule has 11 heavy (non-hydrogen) atoms. The molecule has 1 aromatic rings. The molecule has 2 heterocycles. The Kier molecular flexibility index (Phi) is 1.96. The minimum absolute atomic E-state index is 1.20. The lowest BCUT2D eigenvalue weighted by Crippen LogP contribution is -3.07. The van der Waals surface area contributed by atoms with E-state index in [9.17, 15) is 0 Å². The van der Waals surface area contributed by atoms with Crippen LogP contribution in [0.2, 0.25) is 0 Å². The van der Waals surface area contributed by atoms with Gasteiger partial charge in [-0.25, -0.2) is 0 Å². The first-order chi connectivity index (χ1) is 5.36. The van der Waals surface area contributed by atoms with Crippen molar-refractivity contribution in [3.05, 3.63) is 28.9 Å². The van der Waals surface area contributed by atoms with Crippen molar-refractivity contribution < 1.29 is 4.90 Å². The highest BCUT2D eigenvalue weighted by Gasteiger charge is 2.10. The van der Waals surface area contributed by atoms with E-state index in [1.54, 1.807) is 10.4 Å². The Balaban J connectivity index is 2.20. The Labute approximate surface area is 71.7 Å². The number of rotatable bonds is 0. The highest BCUT2D eigenvalue weighted by atomic mass is 32.1. The molecule has 0 aromatic carbocycles. The molecule has 1 aliphatic heterocycles. The number of fused-ring (bicyclic) bond motifs is 1. The fourth-order valence-electron chi connectivity index (χ4n) is 1.54. The molecule has 0 saturated carbocycles. The molecule has 1 nitrogen and oxygen atoms in total. The highest BCUT2D eigenvalue weighted by molar-refractivity contribution is 7.10. The fraction of sp³-hybridized carbons (Fsp3) is 0.444. The van der Waals surface area contributed by atoms with Crippen LogP contribution >= 0.6 is 11.3 Å². The predicted molar refractivity (Wildman–Crippen MR) is 47.8 cm³/mol. The summed E-state index contributed by atoms with van der Waals surface area (Å²) in [6.45, 7) is 2.40. The number of quaternary nitrogens is 1. The van der Waals surface area contributed by atoms with Crippen LogP contribution in [0, 0.1) is 7.05 Å². The maximum absolute atomic E-state index is 4.04. The maximum Gasteiger partial charge on any atom is 0.0579 e. The Bertz CT molecular complexity index is 219. The van der Waals surface area contributed by atoms with Crippen molar-refractivity contribution in [2.24, 2.45) is 0 Å². The van der Waals surface area contributed by atoms with Gasteiger partial charge in [0.2, 0.25) is 0 Å². The highest BCUT2D eigenvalue weighted by Crippen LogP contribution is 2.17. The molecule has 1 unspecified atom stereocenters. The predicted octanol–water partition coefficient (Wildman–Crippen LogP) is 0.523. The van der Waals surface area contributed by atoms with Crippen molar-refractivity contribution in [1.82, 2.24) is 0 Å². The molecule has 0 radical (unpaired) electrons. The number of hydrogen-bond donors (Lipinski definition) is 1. The van der Waals surface area contributed by atoms with Crippen LogP contribution in [0.15, 0.2) is 11.4 Å². The second-order valence-electron chi connectivity index (χ2n) is 3.12. The lowest BCUT2D eigenvalue weighted by atomic mass is 10.2. The Morgan fingerprint density at radius 3 is 3.09 bits per heavy atom. The average molecular weight is 167 g/mol. The first kappa shape index (κ1) is 7.32. The molecule has 0 fully saturated rings. The van der Waals surface area contributed by atoms with Crippen molar-refractivity contribution in [2.45, 2.75) is 12.8 Å². The maximum atomic E-state index is 4.04. The zero-order valence-corrected chi connectivity index (χ0v) is 7.41. The van der Waals surface area contributed by atoms with Gasteiger partial charge in [-0.3, -0.25) is 0 Å². The largest absolute Gasteiger partial charge is 0.467 e. The van der Waals surface area contributed by atoms with Crippen LogP contribution in [0.3, 0.4) is 0 Å². The SMILES string of the molecule is [CH2-][NH+]1CCc2ccsc2CC1. The van der Waals surface area contributed by atoms with E-state index in [2.05, 4.69) is 18.5 Å². The van der Waals surface area contributed by atoms with E-state index in [1.165, 1.54) is 30.8 Å². The van der Waals surface area contributed by atoms with E-state index in [-0.39, 0.29) is 0 Å². The third-order valence-corrected chi connectivity index (χ3v) is 3.31. The van der Waals surface area contributed by atoms with Gasteiger partial charge in [-0.1, -0.05) is 0 Å². The standard InChI is InChI=1S/C9H13NS/c1-10-5-2-8-4-7-11-9(8)3-6-10/h4,7,10H,1-3,5-6H2. The number of hydrogen-bond acceptors (Lipinski definition) is 1. The van der Waals surface area contributed by atoms with Gasteiger partial charge in [0.05, 0.1) is 13.1 Å². The van der Waals surface area contributed by atoms with Gasteiger partial charge in [-0.2, -0.15) is 7.05 Å². The molecule has 2 heteroatoms. The molecule has 1 N–H and O–H groups in total. The minimum Gasteiger partial charge on any atom is -0.467 e. The van der Waals surface area contributed by atoms with Crippen molar-refractivity contribution in [3.8, 4) is 0 Å². The van der Waals surface area contributed by atoms with Crippen LogP contribution in [0.25, 0.3) is 0 Å². The van der Waals surface area contributed by atoms with Crippen molar-refractivity contribution in [1.29, 1.82) is 0 Å². The molecule has 1 aromatic heterocycles. The molecule has 0 spiro atoms. The third kappa shape index (κ3) is 1.47. The zero-order chi connectivity index (χ0) is 7.68. The molecular formula is C9H13NS. The quantitative estimate of drug-likeness (QED) is 0.537. The lowest BCUT2D eigenvalue weighted by Gasteiger charge is -2.16. The second kappa shape index (κ2) is 2.95. The molecule has 2 rings (SSSR count). The summed E-state index contributed by atoms with van der Waals surface area (Å²) in [5, 5.41) is 2.21. The van der Waals surface area contributed by atoms with Gasteiger partial charge in [0, 0.05) is 17.7 Å². The summed E-state index contributed by atoms with van der Waals surface area (Å²) in [6, 6.07) is 2.26. The lowest BCUT2D eigenvalue weighted by molar-refractivity contribution is -0.852. The van der Waals surface area contributed by atoms with Gasteiger partial charge in [-0.15, -0.1) is 11.3 Å². The monoisotopic (exact) mass is 167 g/mol. The Morgan fingerprint density at radius 1 is 1.36 bits per heavy atom. The van der Waals surface area contributed by atoms with Crippen LogP contribution in [-0.2, 0) is 12.8 Å². The first-order valence-electron chi connectivity index (χ1n) is 4.08. The summed E-state index contributed by atoms with van der Waals surface area (Å²) in [6.07, 6.45) is 2.45. The number of nitrogens with one attached hydrogen (secondary N) is 1. The van der Waals surface area contributed by atoms with Gasteiger partial charge in [0.25, 0.3) is 0 Å². The molecule has 0 aliphatic carbocycles. The van der Waals surface area contributed by atoms with Crippen molar-refractivity contribution >= 4 is 11.3 Å². The van der Waals surface area contributed by atoms with Crippen molar-refractivity contribution in [2.75, 3.05) is 13.1 Å². The van der Waals surface area contributed by atoms with Gasteiger partial charge in [0.15, 0.2) is 0 Å². The van der Waals surface area contributed by atoms with Gasteiger partial charge < -0.3 is 4.90 Å². The zero-order valence-electron chi connectivity index (χ0n) is 6.60. The van der Waals surface area contributed by atoms with Crippen LogP contribution in [-0.4, -0.2) is 13.1 Å². The smallest absolute Gasteiger partial charge is 0.0579 e. The molecule has 1 atom stereocenters. The fourth-order valence-corrected chi connectivity index (χ4v) is 2.47. The van der Waals surface area contributed by atoms with Crippen LogP contribution in [0.4, 0.5) is 0 Å². The third-order valence-electron chi connectivity index (χ3n) is 2.29. The molecular weight excluding hydrogens is 154 g/mol. The topological polar surface area (TPSA) is 4.44 Å². The van der Waals surface area contributed by atoms with E-state index in [0.29, 0.717) is 0 Å². The summed E-state index contributed by atoms with van der Waals surface area (Å²) >= 11 is 1.90. The summed E-state index contributed by atoms with van der Waals surface area (Å²) in [4.78, 5) is 3.01. The van der Waals surface area contributed by atoms with E-state index in [1.807, 2.05) is 11.3 Å². The van der Waals surface area contributed by atoms with Gasteiger partial charge >= 0.3 is 0 Å². The van der Waals surface area contributed by atoms with Crippen LogP contribution in [0.5, 0.6) is 0 Å². The van der Waals surface area contributed by atoms with Crippen molar-refractivity contribution in [3.63, 3.8) is 0 Å². The summed E-state index contributed by atoms with van der Waals surface area (Å²) in [5.74, 6) is 0. The summed E-state index contributed by atoms with van der Waals surface area (Å²) < 4.78 is 0. The van der Waals surface area contributed by atoms with Crippen LogP contribution in [0.1, 0.15) is 10.4 Å². The second-order valence-corrected chi connectivity index (χ2v) is 4.12. The molecule has 0 amide bonds. The molecule has 0 saturated heterocycles. The molecule has 0 bridgehead atoms. The van der Waals surface area contributed by atoms with E-state index in [4.69, 9.17) is 0 Å². The van der Waals surface area contributed by atoms with E-state index < -0.39 is 0 Å². The van der Waals surface area contributed by atoms with Gasteiger partial charge in [-0.05, 0) is 17.0 Å². The molecule has 60 valence electrons. The summed E-state index contributed by atoms with van der Waals surface area (Å²) in [5.41, 5.74) is 1.56.